The van der Waals surface area contributed by atoms with Crippen LogP contribution >= 0.6 is 7.82 Å². The number of rotatable bonds is 8. The quantitative estimate of drug-likeness (QED) is 0.205. The minimum Gasteiger partial charge on any atom is -0.399 e. The Labute approximate surface area is 272 Å². The van der Waals surface area contributed by atoms with E-state index in [1.54, 1.807) is 18.2 Å². The zero-order valence-electron chi connectivity index (χ0n) is 26.3. The molecule has 9 atom stereocenters. The molecular weight excluding hydrogens is 627 g/mol. The van der Waals surface area contributed by atoms with Crippen LogP contribution in [0.3, 0.4) is 0 Å². The van der Waals surface area contributed by atoms with E-state index in [-0.39, 0.29) is 36.6 Å². The smallest absolute Gasteiger partial charge is 0.399 e. The molecule has 5 aliphatic rings. The number of aliphatic hydroxyl groups excluding tert-OH is 2. The Morgan fingerprint density at radius 1 is 1.21 bits per heavy atom. The van der Waals surface area contributed by atoms with Crippen molar-refractivity contribution < 1.29 is 48.2 Å². The number of carbonyl (C=O) groups is 2. The zero-order chi connectivity index (χ0) is 33.5. The first-order chi connectivity index (χ1) is 22.2. The number of Topliss-reactive ketones (excluding diaryl/α,β-unsaturated/α-hetero) is 1. The summed E-state index contributed by atoms with van der Waals surface area (Å²) in [6.45, 7) is 3.44. The lowest BCUT2D eigenvalue weighted by Gasteiger charge is -2.59. The number of carbonyl (C=O) groups excluding carboxylic acids is 2. The molecule has 0 bridgehead atoms. The van der Waals surface area contributed by atoms with E-state index in [4.69, 9.17) is 19.7 Å². The lowest BCUT2D eigenvalue weighted by Crippen LogP contribution is -2.63. The summed E-state index contributed by atoms with van der Waals surface area (Å²) in [6, 6.07) is 7.23. The number of benzene rings is 1. The summed E-state index contributed by atoms with van der Waals surface area (Å²) >= 11 is 0. The number of hydrogen-bond donors (Lipinski definition) is 5. The van der Waals surface area contributed by atoms with Gasteiger partial charge in [-0.2, -0.15) is 0 Å². The first kappa shape index (κ1) is 32.6. The highest BCUT2D eigenvalue weighted by Crippen LogP contribution is 2.70. The molecule has 4 aliphatic carbocycles. The van der Waals surface area contributed by atoms with E-state index >= 15 is 0 Å². The van der Waals surface area contributed by atoms with Crippen molar-refractivity contribution in [2.45, 2.75) is 76.8 Å². The van der Waals surface area contributed by atoms with Crippen LogP contribution in [0.25, 0.3) is 0 Å². The molecule has 3 saturated carbocycles. The molecule has 0 spiro atoms. The topological polar surface area (TPSA) is 191 Å². The summed E-state index contributed by atoms with van der Waals surface area (Å²) in [5.74, 6) is -1.01. The lowest BCUT2D eigenvalue weighted by atomic mass is 9.46. The van der Waals surface area contributed by atoms with E-state index in [1.807, 2.05) is 48.2 Å². The molecule has 1 saturated heterocycles. The fourth-order valence-corrected chi connectivity index (χ4v) is 10.1. The van der Waals surface area contributed by atoms with Crippen molar-refractivity contribution in [3.63, 3.8) is 0 Å². The van der Waals surface area contributed by atoms with Gasteiger partial charge in [0, 0.05) is 46.9 Å². The number of allylic oxidation sites excluding steroid dienone is 4. The second-order valence-electron chi connectivity index (χ2n) is 14.3. The number of phosphoric ester groups is 1. The maximum absolute atomic E-state index is 14.2. The molecule has 1 aromatic carbocycles. The van der Waals surface area contributed by atoms with Crippen LogP contribution in [-0.2, 0) is 41.3 Å². The number of hydrogen-bond acceptors (Lipinski definition) is 9. The number of nitrogen functional groups attached to an aromatic ring is 1. The predicted octanol–water partition coefficient (Wildman–Crippen LogP) is 3.33. The number of ether oxygens (including phenoxy) is 2. The summed E-state index contributed by atoms with van der Waals surface area (Å²) < 4.78 is 31.6. The normalized spacial score (nSPS) is 37.6. The number of nitrogens with two attached hydrogens (primary N) is 1. The van der Waals surface area contributed by atoms with Gasteiger partial charge in [0.1, 0.15) is 6.61 Å². The Morgan fingerprint density at radius 2 is 1.98 bits per heavy atom. The average Bonchev–Trinajstić information content (AvgIpc) is 3.68. The summed E-state index contributed by atoms with van der Waals surface area (Å²) in [4.78, 5) is 45.4. The Bertz CT molecular complexity index is 1730. The van der Waals surface area contributed by atoms with E-state index in [1.165, 1.54) is 0 Å². The third kappa shape index (κ3) is 5.21. The summed E-state index contributed by atoms with van der Waals surface area (Å²) in [6.07, 6.45) is 8.37. The van der Waals surface area contributed by atoms with Crippen LogP contribution in [-0.4, -0.2) is 60.5 Å². The largest absolute Gasteiger partial charge is 0.470 e. The Hall–Kier alpha value is -2.93. The molecule has 0 radical (unpaired) electrons. The molecular formula is C34H41N2O10P. The van der Waals surface area contributed by atoms with Gasteiger partial charge in [-0.1, -0.05) is 31.6 Å². The SMILES string of the molecule is C[C@]12C=CC(=O)C=C1CC[C@@H]1[C@@H]2[C@@H](O)C[C@@]2(C)[C@H]1C[C@H]1O[C@@H](c3ccn(Cc4cc(N)cc(CO)c4)c3)O[C@]12C(=O)COP(=O)(O)O. The molecule has 2 heterocycles. The first-order valence-electron chi connectivity index (χ1n) is 16.0. The standard InChI is InChI=1S/C34H41N2O10P/c1-32-7-5-24(38)12-22(32)3-4-25-26-13-29-34(28(40)18-44-47(41,42)43,33(26,2)14-27(39)30(25)32)46-31(45-29)21-6-8-36(16-21)15-19-9-20(17-37)11-23(35)10-19/h5-12,16,25-27,29-31,37,39H,3-4,13-15,17-18,35H2,1-2H3,(H2,41,42,43)/t25-,26-,27-,29+,30+,31+,32-,33-,34+/m0/s1. The maximum atomic E-state index is 14.2. The van der Waals surface area contributed by atoms with Crippen molar-refractivity contribution >= 4 is 25.1 Å². The first-order valence-corrected chi connectivity index (χ1v) is 17.5. The number of aromatic nitrogens is 1. The Kier molecular flexibility index (Phi) is 7.85. The molecule has 1 aliphatic heterocycles. The van der Waals surface area contributed by atoms with E-state index in [2.05, 4.69) is 6.92 Å². The monoisotopic (exact) mass is 668 g/mol. The number of anilines is 1. The van der Waals surface area contributed by atoms with Crippen molar-refractivity contribution in [1.82, 2.24) is 4.57 Å². The summed E-state index contributed by atoms with van der Waals surface area (Å²) in [5, 5.41) is 21.5. The fraction of sp³-hybridized carbons (Fsp3) is 0.529. The molecule has 4 fully saturated rings. The average molecular weight is 669 g/mol. The fourth-order valence-electron chi connectivity index (χ4n) is 9.85. The number of aliphatic hydroxyl groups is 2. The molecule has 47 heavy (non-hydrogen) atoms. The van der Waals surface area contributed by atoms with Gasteiger partial charge >= 0.3 is 7.82 Å². The van der Waals surface area contributed by atoms with Gasteiger partial charge in [-0.3, -0.25) is 14.1 Å². The molecule has 2 aromatic rings. The van der Waals surface area contributed by atoms with E-state index in [9.17, 15) is 34.2 Å². The summed E-state index contributed by atoms with van der Waals surface area (Å²) in [7, 11) is -4.97. The van der Waals surface area contributed by atoms with Gasteiger partial charge in [-0.15, -0.1) is 0 Å². The van der Waals surface area contributed by atoms with Gasteiger partial charge in [0.05, 0.1) is 18.8 Å². The van der Waals surface area contributed by atoms with Crippen LogP contribution in [0.15, 0.2) is 60.5 Å². The highest BCUT2D eigenvalue weighted by Gasteiger charge is 2.76. The van der Waals surface area contributed by atoms with Gasteiger partial charge in [-0.25, -0.2) is 4.57 Å². The second kappa shape index (κ2) is 11.3. The predicted molar refractivity (Wildman–Crippen MR) is 168 cm³/mol. The van der Waals surface area contributed by atoms with E-state index < -0.39 is 55.1 Å². The van der Waals surface area contributed by atoms with Crippen molar-refractivity contribution in [3.05, 3.63) is 77.2 Å². The van der Waals surface area contributed by atoms with Crippen LogP contribution in [0.5, 0.6) is 0 Å². The van der Waals surface area contributed by atoms with Crippen molar-refractivity contribution in [3.8, 4) is 0 Å². The Balaban J connectivity index is 1.21. The molecule has 13 heteroatoms. The highest BCUT2D eigenvalue weighted by atomic mass is 31.2. The number of ketones is 2. The van der Waals surface area contributed by atoms with Crippen molar-refractivity contribution in [2.75, 3.05) is 12.3 Å². The zero-order valence-corrected chi connectivity index (χ0v) is 27.2. The molecule has 12 nitrogen and oxygen atoms in total. The van der Waals surface area contributed by atoms with Crippen LogP contribution < -0.4 is 5.73 Å². The second-order valence-corrected chi connectivity index (χ2v) is 15.5. The number of nitrogens with zero attached hydrogens (tertiary/aromatic N) is 1. The highest BCUT2D eigenvalue weighted by molar-refractivity contribution is 7.46. The molecule has 7 rings (SSSR count). The third-order valence-corrected chi connectivity index (χ3v) is 12.1. The van der Waals surface area contributed by atoms with Gasteiger partial charge in [0.2, 0.25) is 0 Å². The van der Waals surface area contributed by atoms with Crippen molar-refractivity contribution in [1.29, 1.82) is 0 Å². The van der Waals surface area contributed by atoms with Crippen LogP contribution in [0.1, 0.15) is 62.5 Å². The van der Waals surface area contributed by atoms with Gasteiger partial charge in [0.15, 0.2) is 23.5 Å². The molecule has 252 valence electrons. The lowest BCUT2D eigenvalue weighted by molar-refractivity contribution is -0.200. The van der Waals surface area contributed by atoms with E-state index in [0.29, 0.717) is 36.2 Å². The minimum absolute atomic E-state index is 0.0180. The van der Waals surface area contributed by atoms with Crippen LogP contribution in [0.4, 0.5) is 5.69 Å². The molecule has 6 N–H and O–H groups in total. The summed E-state index contributed by atoms with van der Waals surface area (Å²) in [5.41, 5.74) is 6.72. The number of fused-ring (bicyclic) bond motifs is 7. The van der Waals surface area contributed by atoms with Crippen LogP contribution in [0, 0.1) is 28.6 Å². The van der Waals surface area contributed by atoms with Gasteiger partial charge in [-0.05, 0) is 79.0 Å². The molecule has 1 aromatic heterocycles. The molecule has 0 amide bonds. The van der Waals surface area contributed by atoms with Gasteiger partial charge in [0.25, 0.3) is 0 Å². The van der Waals surface area contributed by atoms with E-state index in [0.717, 1.165) is 17.6 Å². The number of phosphoric acid groups is 1. The molecule has 0 unspecified atom stereocenters. The third-order valence-electron chi connectivity index (χ3n) is 11.7. The maximum Gasteiger partial charge on any atom is 0.470 e. The minimum atomic E-state index is -4.97. The van der Waals surface area contributed by atoms with Gasteiger partial charge < -0.3 is 39.8 Å². The van der Waals surface area contributed by atoms with Crippen molar-refractivity contribution in [2.24, 2.45) is 28.6 Å². The Morgan fingerprint density at radius 3 is 2.72 bits per heavy atom. The van der Waals surface area contributed by atoms with Crippen LogP contribution in [0.2, 0.25) is 0 Å².